The van der Waals surface area contributed by atoms with E-state index in [0.29, 0.717) is 13.2 Å². The van der Waals surface area contributed by atoms with Crippen LogP contribution in [0, 0.1) is 0 Å². The summed E-state index contributed by atoms with van der Waals surface area (Å²) in [5.74, 6) is 0. The van der Waals surface area contributed by atoms with Gasteiger partial charge in [-0.05, 0) is 37.1 Å². The Hall–Kier alpha value is -2.58. The number of pyridine rings is 1. The molecule has 5 rings (SSSR count). The van der Waals surface area contributed by atoms with E-state index in [1.165, 1.54) is 5.56 Å². The summed E-state index contributed by atoms with van der Waals surface area (Å²) < 4.78 is 7.60. The molecule has 0 amide bonds. The van der Waals surface area contributed by atoms with Gasteiger partial charge in [-0.2, -0.15) is 5.10 Å². The summed E-state index contributed by atoms with van der Waals surface area (Å²) in [5, 5.41) is 15.9. The molecule has 2 aliphatic heterocycles. The van der Waals surface area contributed by atoms with Crippen LogP contribution in [0.4, 0.5) is 0 Å². The van der Waals surface area contributed by atoms with Gasteiger partial charge in [-0.3, -0.25) is 14.8 Å². The molecule has 2 aromatic heterocycles. The molecule has 0 saturated carbocycles. The lowest BCUT2D eigenvalue weighted by Crippen LogP contribution is -2.61. The van der Waals surface area contributed by atoms with E-state index in [4.69, 9.17) is 4.74 Å². The van der Waals surface area contributed by atoms with Gasteiger partial charge in [0.25, 0.3) is 0 Å². The number of nitrogens with zero attached hydrogens (tertiary/aromatic N) is 5. The van der Waals surface area contributed by atoms with Crippen LogP contribution in [0.5, 0.6) is 0 Å². The molecule has 168 valence electrons. The van der Waals surface area contributed by atoms with Gasteiger partial charge in [0.05, 0.1) is 23.1 Å². The van der Waals surface area contributed by atoms with E-state index in [-0.39, 0.29) is 5.54 Å². The minimum Gasteiger partial charge on any atom is -0.385 e. The van der Waals surface area contributed by atoms with Crippen LogP contribution in [0.15, 0.2) is 67.1 Å². The molecule has 0 aliphatic carbocycles. The van der Waals surface area contributed by atoms with Crippen LogP contribution in [-0.2, 0) is 11.3 Å². The van der Waals surface area contributed by atoms with Crippen molar-refractivity contribution in [1.29, 1.82) is 0 Å². The average Bonchev–Trinajstić information content (AvgIpc) is 3.34. The van der Waals surface area contributed by atoms with Gasteiger partial charge in [0.15, 0.2) is 0 Å². The highest BCUT2D eigenvalue weighted by atomic mass is 16.5. The van der Waals surface area contributed by atoms with Crippen molar-refractivity contribution in [1.82, 2.24) is 24.6 Å². The van der Waals surface area contributed by atoms with E-state index in [9.17, 15) is 5.11 Å². The molecule has 7 heteroatoms. The summed E-state index contributed by atoms with van der Waals surface area (Å²) in [4.78, 5) is 9.41. The fourth-order valence-electron chi connectivity index (χ4n) is 5.07. The number of rotatable bonds is 6. The van der Waals surface area contributed by atoms with E-state index in [1.54, 1.807) is 6.20 Å². The highest BCUT2D eigenvalue weighted by Crippen LogP contribution is 2.39. The van der Waals surface area contributed by atoms with Crippen LogP contribution in [0.1, 0.15) is 30.2 Å². The van der Waals surface area contributed by atoms with Gasteiger partial charge in [0, 0.05) is 63.9 Å². The standard InChI is InChI=1S/C25H31N5O2/c31-24(23-8-4-5-11-26-23)25(9-16-32-17-10-25)29-14-12-28(13-15-29)19-21-18-27-30(20-21)22-6-2-1-3-7-22/h1-8,11,18,20,24,31H,9-10,12-17,19H2. The number of aliphatic hydroxyl groups excluding tert-OH is 1. The lowest BCUT2D eigenvalue weighted by atomic mass is 9.80. The number of hydrogen-bond acceptors (Lipinski definition) is 6. The van der Waals surface area contributed by atoms with Gasteiger partial charge in [0.1, 0.15) is 6.10 Å². The Labute approximate surface area is 189 Å². The van der Waals surface area contributed by atoms with Gasteiger partial charge < -0.3 is 9.84 Å². The number of aromatic nitrogens is 3. The number of benzene rings is 1. The van der Waals surface area contributed by atoms with Crippen molar-refractivity contribution in [2.45, 2.75) is 31.0 Å². The van der Waals surface area contributed by atoms with Crippen LogP contribution in [0.3, 0.4) is 0 Å². The topological polar surface area (TPSA) is 66.7 Å². The van der Waals surface area contributed by atoms with Crippen molar-refractivity contribution in [3.63, 3.8) is 0 Å². The summed E-state index contributed by atoms with van der Waals surface area (Å²) in [7, 11) is 0. The van der Waals surface area contributed by atoms with Crippen LogP contribution in [-0.4, -0.2) is 74.6 Å². The Bertz CT molecular complexity index is 980. The molecule has 7 nitrogen and oxygen atoms in total. The van der Waals surface area contributed by atoms with E-state index in [0.717, 1.165) is 56.9 Å². The molecule has 4 heterocycles. The molecule has 3 aromatic rings. The first-order chi connectivity index (χ1) is 15.7. The van der Waals surface area contributed by atoms with Crippen molar-refractivity contribution in [2.24, 2.45) is 0 Å². The van der Waals surface area contributed by atoms with Crippen molar-refractivity contribution in [2.75, 3.05) is 39.4 Å². The SMILES string of the molecule is OC(c1ccccn1)C1(N2CCN(Cc3cnn(-c4ccccc4)c3)CC2)CCOCC1. The monoisotopic (exact) mass is 433 g/mol. The predicted molar refractivity (Wildman–Crippen MR) is 122 cm³/mol. The number of ether oxygens (including phenoxy) is 1. The summed E-state index contributed by atoms with van der Waals surface area (Å²) in [6.07, 6.45) is 6.89. The second-order valence-electron chi connectivity index (χ2n) is 8.76. The van der Waals surface area contributed by atoms with Gasteiger partial charge in [-0.1, -0.05) is 24.3 Å². The Kier molecular flexibility index (Phi) is 6.32. The van der Waals surface area contributed by atoms with E-state index < -0.39 is 6.10 Å². The number of aliphatic hydroxyl groups is 1. The molecule has 1 atom stereocenters. The number of hydrogen-bond donors (Lipinski definition) is 1. The molecular weight excluding hydrogens is 402 g/mol. The van der Waals surface area contributed by atoms with Gasteiger partial charge in [0.2, 0.25) is 0 Å². The maximum Gasteiger partial charge on any atom is 0.114 e. The minimum absolute atomic E-state index is 0.309. The first-order valence-corrected chi connectivity index (χ1v) is 11.5. The molecule has 0 bridgehead atoms. The summed E-state index contributed by atoms with van der Waals surface area (Å²) in [6, 6.07) is 16.0. The van der Waals surface area contributed by atoms with E-state index in [1.807, 2.05) is 47.3 Å². The van der Waals surface area contributed by atoms with E-state index >= 15 is 0 Å². The average molecular weight is 434 g/mol. The summed E-state index contributed by atoms with van der Waals surface area (Å²) >= 11 is 0. The third-order valence-corrected chi connectivity index (χ3v) is 6.90. The zero-order valence-corrected chi connectivity index (χ0v) is 18.4. The Morgan fingerprint density at radius 1 is 0.969 bits per heavy atom. The maximum atomic E-state index is 11.4. The third kappa shape index (κ3) is 4.34. The highest BCUT2D eigenvalue weighted by molar-refractivity contribution is 5.30. The first kappa shape index (κ1) is 21.3. The molecule has 1 unspecified atom stereocenters. The van der Waals surface area contributed by atoms with E-state index in [2.05, 4.69) is 38.2 Å². The molecular formula is C25H31N5O2. The number of piperazine rings is 1. The van der Waals surface area contributed by atoms with Crippen molar-refractivity contribution < 1.29 is 9.84 Å². The first-order valence-electron chi connectivity index (χ1n) is 11.5. The zero-order valence-electron chi connectivity index (χ0n) is 18.4. The molecule has 2 fully saturated rings. The lowest BCUT2D eigenvalue weighted by molar-refractivity contribution is -0.111. The summed E-state index contributed by atoms with van der Waals surface area (Å²) in [5.41, 5.74) is 2.74. The molecule has 1 aromatic carbocycles. The third-order valence-electron chi connectivity index (χ3n) is 6.90. The molecule has 0 spiro atoms. The quantitative estimate of drug-likeness (QED) is 0.645. The van der Waals surface area contributed by atoms with Crippen molar-refractivity contribution in [3.8, 4) is 5.69 Å². The predicted octanol–water partition coefficient (Wildman–Crippen LogP) is 2.67. The largest absolute Gasteiger partial charge is 0.385 e. The molecule has 2 aliphatic rings. The van der Waals surface area contributed by atoms with Crippen molar-refractivity contribution >= 4 is 0 Å². The van der Waals surface area contributed by atoms with Crippen molar-refractivity contribution in [3.05, 3.63) is 78.4 Å². The smallest absolute Gasteiger partial charge is 0.114 e. The van der Waals surface area contributed by atoms with Crippen LogP contribution in [0.25, 0.3) is 5.69 Å². The summed E-state index contributed by atoms with van der Waals surface area (Å²) in [6.45, 7) is 6.04. The minimum atomic E-state index is -0.608. The Balaban J connectivity index is 1.24. The van der Waals surface area contributed by atoms with Crippen LogP contribution >= 0.6 is 0 Å². The molecule has 0 radical (unpaired) electrons. The normalized spacial score (nSPS) is 20.8. The molecule has 32 heavy (non-hydrogen) atoms. The molecule has 1 N–H and O–H groups in total. The Morgan fingerprint density at radius 2 is 1.72 bits per heavy atom. The van der Waals surface area contributed by atoms with Gasteiger partial charge in [-0.25, -0.2) is 4.68 Å². The molecule has 2 saturated heterocycles. The van der Waals surface area contributed by atoms with Gasteiger partial charge >= 0.3 is 0 Å². The second kappa shape index (κ2) is 9.50. The zero-order chi connectivity index (χ0) is 21.8. The van der Waals surface area contributed by atoms with Gasteiger partial charge in [-0.15, -0.1) is 0 Å². The number of para-hydroxylation sites is 1. The van der Waals surface area contributed by atoms with Crippen LogP contribution in [0.2, 0.25) is 0 Å². The fourth-order valence-corrected chi connectivity index (χ4v) is 5.07. The fraction of sp³-hybridized carbons (Fsp3) is 0.440. The maximum absolute atomic E-state index is 11.4. The van der Waals surface area contributed by atoms with Crippen LogP contribution < -0.4 is 0 Å². The lowest BCUT2D eigenvalue weighted by Gasteiger charge is -2.51. The Morgan fingerprint density at radius 3 is 2.44 bits per heavy atom. The highest BCUT2D eigenvalue weighted by Gasteiger charge is 2.46. The second-order valence-corrected chi connectivity index (χ2v) is 8.76.